The van der Waals surface area contributed by atoms with Crippen LogP contribution in [0, 0.1) is 0 Å². The van der Waals surface area contributed by atoms with E-state index in [0.717, 1.165) is 22.3 Å². The first-order valence-electron chi connectivity index (χ1n) is 9.12. The van der Waals surface area contributed by atoms with Gasteiger partial charge in [0.1, 0.15) is 19.3 Å². The third-order valence-electron chi connectivity index (χ3n) is 4.67. The number of ether oxygens (including phenoxy) is 2. The largest absolute Gasteiger partial charge is 0.480 e. The molecule has 0 bridgehead atoms. The molecule has 7 nitrogen and oxygen atoms in total. The van der Waals surface area contributed by atoms with Crippen LogP contribution in [-0.4, -0.2) is 42.4 Å². The minimum atomic E-state index is -1.44. The van der Waals surface area contributed by atoms with E-state index in [-0.39, 0.29) is 19.1 Å². The molecule has 150 valence electrons. The molecule has 1 atom stereocenters. The Labute approximate surface area is 167 Å². The molecule has 3 rings (SSSR count). The lowest BCUT2D eigenvalue weighted by Crippen LogP contribution is -2.43. The van der Waals surface area contributed by atoms with Gasteiger partial charge in [0.05, 0.1) is 6.42 Å². The summed E-state index contributed by atoms with van der Waals surface area (Å²) in [7, 11) is 0. The molecule has 0 spiro atoms. The highest BCUT2D eigenvalue weighted by molar-refractivity contribution is 5.85. The maximum absolute atomic E-state index is 12.2. The number of carbonyl (C=O) groups is 3. The average Bonchev–Trinajstić information content (AvgIpc) is 3.04. The molecular weight excluding hydrogens is 374 g/mol. The van der Waals surface area contributed by atoms with E-state index < -0.39 is 30.5 Å². The number of carboxylic acid groups (broad SMARTS) is 1. The maximum Gasteiger partial charge on any atom is 0.407 e. The van der Waals surface area contributed by atoms with Crippen molar-refractivity contribution in [3.05, 3.63) is 72.3 Å². The summed E-state index contributed by atoms with van der Waals surface area (Å²) in [6.07, 6.45) is -0.0456. The van der Waals surface area contributed by atoms with Crippen molar-refractivity contribution in [3.8, 4) is 11.1 Å². The maximum atomic E-state index is 12.2. The predicted molar refractivity (Wildman–Crippen MR) is 105 cm³/mol. The number of amides is 1. The number of nitrogens with one attached hydrogen (secondary N) is 1. The van der Waals surface area contributed by atoms with Crippen LogP contribution >= 0.6 is 0 Å². The monoisotopic (exact) mass is 395 g/mol. The Hall–Kier alpha value is -3.61. The van der Waals surface area contributed by atoms with Crippen LogP contribution in [0.2, 0.25) is 0 Å². The average molecular weight is 395 g/mol. The lowest BCUT2D eigenvalue weighted by Gasteiger charge is -2.17. The summed E-state index contributed by atoms with van der Waals surface area (Å²) in [5, 5.41) is 11.4. The number of benzene rings is 2. The van der Waals surface area contributed by atoms with Crippen molar-refractivity contribution in [3.63, 3.8) is 0 Å². The Morgan fingerprint density at radius 2 is 1.62 bits per heavy atom. The topological polar surface area (TPSA) is 102 Å². The quantitative estimate of drug-likeness (QED) is 0.526. The van der Waals surface area contributed by atoms with Crippen molar-refractivity contribution in [2.75, 3.05) is 13.2 Å². The van der Waals surface area contributed by atoms with Crippen molar-refractivity contribution in [1.29, 1.82) is 0 Å². The number of rotatable bonds is 8. The van der Waals surface area contributed by atoms with Gasteiger partial charge >= 0.3 is 18.0 Å². The van der Waals surface area contributed by atoms with E-state index >= 15 is 0 Å². The van der Waals surface area contributed by atoms with E-state index in [1.54, 1.807) is 0 Å². The second kappa shape index (κ2) is 9.05. The summed E-state index contributed by atoms with van der Waals surface area (Å²) < 4.78 is 10.1. The zero-order valence-corrected chi connectivity index (χ0v) is 15.7. The Bertz CT molecular complexity index is 893. The number of carboxylic acids is 1. The number of esters is 1. The molecule has 0 saturated heterocycles. The third-order valence-corrected chi connectivity index (χ3v) is 4.67. The molecule has 2 N–H and O–H groups in total. The number of carbonyl (C=O) groups excluding carboxylic acids is 2. The summed E-state index contributed by atoms with van der Waals surface area (Å²) in [5.74, 6) is -2.25. The zero-order chi connectivity index (χ0) is 20.8. The van der Waals surface area contributed by atoms with Gasteiger partial charge in [-0.1, -0.05) is 61.2 Å². The third kappa shape index (κ3) is 4.63. The number of fused-ring (bicyclic) bond motifs is 3. The summed E-state index contributed by atoms with van der Waals surface area (Å²) in [6, 6.07) is 14.3. The highest BCUT2D eigenvalue weighted by Gasteiger charge is 2.30. The van der Waals surface area contributed by atoms with Gasteiger partial charge in [0.15, 0.2) is 0 Å². The van der Waals surface area contributed by atoms with Crippen LogP contribution < -0.4 is 5.32 Å². The van der Waals surface area contributed by atoms with Gasteiger partial charge in [0.2, 0.25) is 0 Å². The van der Waals surface area contributed by atoms with Crippen LogP contribution in [0.1, 0.15) is 23.5 Å². The van der Waals surface area contributed by atoms with Crippen LogP contribution in [0.15, 0.2) is 61.2 Å². The molecule has 2 aromatic carbocycles. The van der Waals surface area contributed by atoms with Crippen molar-refractivity contribution < 1.29 is 29.0 Å². The van der Waals surface area contributed by atoms with Crippen molar-refractivity contribution >= 4 is 18.0 Å². The van der Waals surface area contributed by atoms with E-state index in [9.17, 15) is 19.5 Å². The predicted octanol–water partition coefficient (Wildman–Crippen LogP) is 3.10. The first-order chi connectivity index (χ1) is 14.0. The van der Waals surface area contributed by atoms with Gasteiger partial charge in [-0.2, -0.15) is 0 Å². The molecule has 0 radical (unpaired) electrons. The van der Waals surface area contributed by atoms with E-state index in [0.29, 0.717) is 0 Å². The summed E-state index contributed by atoms with van der Waals surface area (Å²) in [4.78, 5) is 35.1. The molecule has 1 amide bonds. The summed E-state index contributed by atoms with van der Waals surface area (Å²) in [5.41, 5.74) is 4.27. The van der Waals surface area contributed by atoms with Gasteiger partial charge in [-0.05, 0) is 22.3 Å². The van der Waals surface area contributed by atoms with Gasteiger partial charge in [0.25, 0.3) is 0 Å². The molecule has 2 aromatic rings. The van der Waals surface area contributed by atoms with Crippen molar-refractivity contribution in [2.45, 2.75) is 18.4 Å². The van der Waals surface area contributed by atoms with Crippen molar-refractivity contribution in [2.24, 2.45) is 0 Å². The Morgan fingerprint density at radius 1 is 1.03 bits per heavy atom. The van der Waals surface area contributed by atoms with Crippen LogP contribution in [0.5, 0.6) is 0 Å². The fourth-order valence-corrected chi connectivity index (χ4v) is 3.36. The first-order valence-corrected chi connectivity index (χ1v) is 9.12. The van der Waals surface area contributed by atoms with Gasteiger partial charge < -0.3 is 19.9 Å². The number of alkyl carbamates (subject to hydrolysis) is 1. The Morgan fingerprint density at radius 3 is 2.17 bits per heavy atom. The SMILES string of the molecule is C=CCOC(=O)CC(NC(=O)OCC1c2ccccc2-c2ccccc21)C(=O)O. The number of hydrogen-bond donors (Lipinski definition) is 2. The Balaban J connectivity index is 1.63. The van der Waals surface area contributed by atoms with E-state index in [4.69, 9.17) is 9.47 Å². The molecule has 0 aromatic heterocycles. The van der Waals surface area contributed by atoms with E-state index in [2.05, 4.69) is 11.9 Å². The lowest BCUT2D eigenvalue weighted by atomic mass is 9.98. The standard InChI is InChI=1S/C22H21NO6/c1-2-11-28-20(24)12-19(21(25)26)23-22(27)29-13-18-16-9-5-3-7-14(16)15-8-4-6-10-17(15)18/h2-10,18-19H,1,11-13H2,(H,23,27)(H,25,26). The molecule has 0 heterocycles. The fraction of sp³-hybridized carbons (Fsp3) is 0.227. The van der Waals surface area contributed by atoms with E-state index in [1.807, 2.05) is 48.5 Å². The molecule has 29 heavy (non-hydrogen) atoms. The molecular formula is C22H21NO6. The van der Waals surface area contributed by atoms with Crippen LogP contribution in [0.4, 0.5) is 4.79 Å². The zero-order valence-electron chi connectivity index (χ0n) is 15.7. The van der Waals surface area contributed by atoms with Crippen molar-refractivity contribution in [1.82, 2.24) is 5.32 Å². The molecule has 0 fully saturated rings. The minimum absolute atomic E-state index is 0.0316. The van der Waals surface area contributed by atoms with Crippen LogP contribution in [0.25, 0.3) is 11.1 Å². The summed E-state index contributed by atoms with van der Waals surface area (Å²) >= 11 is 0. The van der Waals surface area contributed by atoms with Crippen LogP contribution in [-0.2, 0) is 19.1 Å². The second-order valence-electron chi connectivity index (χ2n) is 6.54. The molecule has 0 aliphatic heterocycles. The highest BCUT2D eigenvalue weighted by Crippen LogP contribution is 2.44. The summed E-state index contributed by atoms with van der Waals surface area (Å²) in [6.45, 7) is 3.42. The normalized spacial score (nSPS) is 13.0. The highest BCUT2D eigenvalue weighted by atomic mass is 16.6. The minimum Gasteiger partial charge on any atom is -0.480 e. The lowest BCUT2D eigenvalue weighted by molar-refractivity contribution is -0.148. The number of hydrogen-bond acceptors (Lipinski definition) is 5. The van der Waals surface area contributed by atoms with E-state index in [1.165, 1.54) is 6.08 Å². The fourth-order valence-electron chi connectivity index (χ4n) is 3.36. The second-order valence-corrected chi connectivity index (χ2v) is 6.54. The number of aliphatic carboxylic acids is 1. The van der Waals surface area contributed by atoms with Gasteiger partial charge in [-0.15, -0.1) is 0 Å². The first kappa shape index (κ1) is 20.1. The molecule has 1 unspecified atom stereocenters. The van der Waals surface area contributed by atoms with Gasteiger partial charge in [-0.3, -0.25) is 4.79 Å². The Kier molecular flexibility index (Phi) is 6.29. The molecule has 1 aliphatic carbocycles. The smallest absolute Gasteiger partial charge is 0.407 e. The molecule has 0 saturated carbocycles. The van der Waals surface area contributed by atoms with Gasteiger partial charge in [-0.25, -0.2) is 9.59 Å². The molecule has 7 heteroatoms. The molecule has 1 aliphatic rings. The van der Waals surface area contributed by atoms with Gasteiger partial charge in [0, 0.05) is 5.92 Å². The van der Waals surface area contributed by atoms with Crippen LogP contribution in [0.3, 0.4) is 0 Å².